The van der Waals surface area contributed by atoms with Crippen molar-refractivity contribution in [3.8, 4) is 0 Å². The molecule has 1 atom stereocenters. The summed E-state index contributed by atoms with van der Waals surface area (Å²) >= 11 is 0. The average molecular weight is 920 g/mol. The molecular formula is C59H114O6. The van der Waals surface area contributed by atoms with Gasteiger partial charge in [-0.2, -0.15) is 0 Å². The van der Waals surface area contributed by atoms with E-state index in [0.717, 1.165) is 69.6 Å². The molecule has 0 aliphatic heterocycles. The highest BCUT2D eigenvalue weighted by molar-refractivity contribution is 5.71. The summed E-state index contributed by atoms with van der Waals surface area (Å²) < 4.78 is 16.9. The van der Waals surface area contributed by atoms with Crippen LogP contribution < -0.4 is 0 Å². The number of carbonyl (C=O) groups excluding carboxylic acids is 3. The molecule has 0 fully saturated rings. The van der Waals surface area contributed by atoms with Crippen LogP contribution in [0.5, 0.6) is 0 Å². The third-order valence-corrected chi connectivity index (χ3v) is 13.5. The molecule has 0 N–H and O–H groups in total. The molecule has 0 unspecified atom stereocenters. The SMILES string of the molecule is CCCCCCCCCCCCCC(=O)OC[C@H](COC(=O)CCCCCCCCCCCCCCCCC(C)C)OC(=O)CCCCCCCCCCCCCCCCCCC(C)C. The number of carbonyl (C=O) groups is 3. The van der Waals surface area contributed by atoms with Crippen LogP contribution >= 0.6 is 0 Å². The zero-order chi connectivity index (χ0) is 47.5. The number of unbranched alkanes of at least 4 members (excludes halogenated alkanes) is 38. The quantitative estimate of drug-likeness (QED) is 0.0344. The van der Waals surface area contributed by atoms with Crippen molar-refractivity contribution in [1.82, 2.24) is 0 Å². The van der Waals surface area contributed by atoms with Crippen LogP contribution in [-0.4, -0.2) is 37.2 Å². The van der Waals surface area contributed by atoms with Crippen LogP contribution in [0.1, 0.15) is 330 Å². The lowest BCUT2D eigenvalue weighted by atomic mass is 10.0. The molecule has 6 nitrogen and oxygen atoms in total. The Morgan fingerprint density at radius 1 is 0.292 bits per heavy atom. The minimum Gasteiger partial charge on any atom is -0.462 e. The van der Waals surface area contributed by atoms with Crippen molar-refractivity contribution in [2.24, 2.45) is 11.8 Å². The summed E-state index contributed by atoms with van der Waals surface area (Å²) in [5, 5.41) is 0. The van der Waals surface area contributed by atoms with Crippen molar-refractivity contribution in [1.29, 1.82) is 0 Å². The van der Waals surface area contributed by atoms with Crippen LogP contribution in [0, 0.1) is 11.8 Å². The van der Waals surface area contributed by atoms with E-state index in [-0.39, 0.29) is 31.1 Å². The van der Waals surface area contributed by atoms with Gasteiger partial charge in [0.1, 0.15) is 13.2 Å². The third kappa shape index (κ3) is 53.2. The van der Waals surface area contributed by atoms with E-state index in [2.05, 4.69) is 34.6 Å². The van der Waals surface area contributed by atoms with Crippen molar-refractivity contribution >= 4 is 17.9 Å². The maximum absolute atomic E-state index is 12.9. The second-order valence-corrected chi connectivity index (χ2v) is 21.2. The Balaban J connectivity index is 4.25. The molecular weight excluding hydrogens is 805 g/mol. The van der Waals surface area contributed by atoms with Crippen LogP contribution in [0.25, 0.3) is 0 Å². The van der Waals surface area contributed by atoms with E-state index in [1.54, 1.807) is 0 Å². The highest BCUT2D eigenvalue weighted by Gasteiger charge is 2.19. The second kappa shape index (κ2) is 51.8. The fraction of sp³-hybridized carbons (Fsp3) is 0.949. The van der Waals surface area contributed by atoms with Gasteiger partial charge in [0, 0.05) is 19.3 Å². The first-order valence-electron chi connectivity index (χ1n) is 29.2. The van der Waals surface area contributed by atoms with Crippen LogP contribution in [0.3, 0.4) is 0 Å². The Morgan fingerprint density at radius 3 is 0.754 bits per heavy atom. The number of hydrogen-bond donors (Lipinski definition) is 0. The standard InChI is InChI=1S/C59H114O6/c1-6-7-8-9-10-11-22-29-34-39-44-49-57(60)63-52-56(53-64-58(61)50-45-40-35-30-25-20-17-16-19-24-28-33-38-43-48-55(4)5)65-59(62)51-46-41-36-31-26-21-15-13-12-14-18-23-27-32-37-42-47-54(2)3/h54-56H,6-53H2,1-5H3/t56-/m1/s1. The molecule has 0 aromatic rings. The highest BCUT2D eigenvalue weighted by Crippen LogP contribution is 2.18. The number of ether oxygens (including phenoxy) is 3. The first kappa shape index (κ1) is 63.4. The van der Waals surface area contributed by atoms with Crippen LogP contribution in [0.2, 0.25) is 0 Å². The third-order valence-electron chi connectivity index (χ3n) is 13.5. The van der Waals surface area contributed by atoms with E-state index in [1.165, 1.54) is 218 Å². The number of hydrogen-bond acceptors (Lipinski definition) is 6. The van der Waals surface area contributed by atoms with Crippen molar-refractivity contribution in [2.75, 3.05) is 13.2 Å². The molecule has 0 amide bonds. The summed E-state index contributed by atoms with van der Waals surface area (Å²) in [6.45, 7) is 11.4. The van der Waals surface area contributed by atoms with Gasteiger partial charge in [0.25, 0.3) is 0 Å². The molecule has 6 heteroatoms. The average Bonchev–Trinajstić information content (AvgIpc) is 3.28. The molecule has 0 spiro atoms. The molecule has 0 heterocycles. The zero-order valence-corrected chi connectivity index (χ0v) is 44.6. The fourth-order valence-electron chi connectivity index (χ4n) is 9.05. The monoisotopic (exact) mass is 919 g/mol. The largest absolute Gasteiger partial charge is 0.462 e. The van der Waals surface area contributed by atoms with Gasteiger partial charge in [-0.15, -0.1) is 0 Å². The normalized spacial score (nSPS) is 12.0. The predicted molar refractivity (Wildman–Crippen MR) is 280 cm³/mol. The lowest BCUT2D eigenvalue weighted by Gasteiger charge is -2.18. The maximum Gasteiger partial charge on any atom is 0.306 e. The van der Waals surface area contributed by atoms with E-state index >= 15 is 0 Å². The van der Waals surface area contributed by atoms with Gasteiger partial charge >= 0.3 is 17.9 Å². The van der Waals surface area contributed by atoms with Gasteiger partial charge in [-0.3, -0.25) is 14.4 Å². The van der Waals surface area contributed by atoms with Gasteiger partial charge in [0.05, 0.1) is 0 Å². The van der Waals surface area contributed by atoms with Gasteiger partial charge in [-0.1, -0.05) is 291 Å². The van der Waals surface area contributed by atoms with E-state index in [9.17, 15) is 14.4 Å². The molecule has 0 rings (SSSR count). The molecule has 0 aromatic heterocycles. The van der Waals surface area contributed by atoms with E-state index in [1.807, 2.05) is 0 Å². The molecule has 0 bridgehead atoms. The van der Waals surface area contributed by atoms with Crippen molar-refractivity contribution < 1.29 is 28.6 Å². The first-order valence-corrected chi connectivity index (χ1v) is 29.2. The smallest absolute Gasteiger partial charge is 0.306 e. The Bertz CT molecular complexity index is 993. The van der Waals surface area contributed by atoms with Crippen LogP contribution in [0.4, 0.5) is 0 Å². The van der Waals surface area contributed by atoms with Gasteiger partial charge in [-0.25, -0.2) is 0 Å². The lowest BCUT2D eigenvalue weighted by molar-refractivity contribution is -0.167. The summed E-state index contributed by atoms with van der Waals surface area (Å²) in [5.41, 5.74) is 0. The summed E-state index contributed by atoms with van der Waals surface area (Å²) in [6, 6.07) is 0. The van der Waals surface area contributed by atoms with Crippen LogP contribution in [0.15, 0.2) is 0 Å². The minimum absolute atomic E-state index is 0.0625. The summed E-state index contributed by atoms with van der Waals surface area (Å²) in [7, 11) is 0. The molecule has 0 radical (unpaired) electrons. The van der Waals surface area contributed by atoms with Crippen molar-refractivity contribution in [3.63, 3.8) is 0 Å². The van der Waals surface area contributed by atoms with Gasteiger partial charge in [-0.05, 0) is 31.1 Å². The first-order chi connectivity index (χ1) is 31.7. The fourth-order valence-corrected chi connectivity index (χ4v) is 9.05. The van der Waals surface area contributed by atoms with Crippen LogP contribution in [-0.2, 0) is 28.6 Å². The van der Waals surface area contributed by atoms with Crippen molar-refractivity contribution in [2.45, 2.75) is 336 Å². The molecule has 65 heavy (non-hydrogen) atoms. The molecule has 0 aliphatic carbocycles. The summed E-state index contributed by atoms with van der Waals surface area (Å²) in [4.78, 5) is 38.1. The predicted octanol–water partition coefficient (Wildman–Crippen LogP) is 19.3. The molecule has 0 saturated heterocycles. The van der Waals surface area contributed by atoms with Gasteiger partial charge in [0.15, 0.2) is 6.10 Å². The van der Waals surface area contributed by atoms with E-state index in [0.29, 0.717) is 19.3 Å². The Kier molecular flexibility index (Phi) is 50.5. The molecule has 0 saturated carbocycles. The number of esters is 3. The second-order valence-electron chi connectivity index (χ2n) is 21.2. The highest BCUT2D eigenvalue weighted by atomic mass is 16.6. The zero-order valence-electron chi connectivity index (χ0n) is 44.6. The minimum atomic E-state index is -0.762. The van der Waals surface area contributed by atoms with E-state index < -0.39 is 6.10 Å². The summed E-state index contributed by atoms with van der Waals surface area (Å²) in [5.74, 6) is 0.858. The number of rotatable bonds is 53. The van der Waals surface area contributed by atoms with Gasteiger partial charge in [0.2, 0.25) is 0 Å². The van der Waals surface area contributed by atoms with Crippen molar-refractivity contribution in [3.05, 3.63) is 0 Å². The van der Waals surface area contributed by atoms with Gasteiger partial charge < -0.3 is 14.2 Å². The maximum atomic E-state index is 12.9. The lowest BCUT2D eigenvalue weighted by Crippen LogP contribution is -2.30. The Labute approximate surface area is 406 Å². The summed E-state index contributed by atoms with van der Waals surface area (Å²) in [6.07, 6.45) is 55.2. The van der Waals surface area contributed by atoms with E-state index in [4.69, 9.17) is 14.2 Å². The molecule has 0 aromatic carbocycles. The topological polar surface area (TPSA) is 78.9 Å². The Hall–Kier alpha value is -1.59. The molecule has 386 valence electrons. The molecule has 0 aliphatic rings. The Morgan fingerprint density at radius 2 is 0.508 bits per heavy atom.